The van der Waals surface area contributed by atoms with Gasteiger partial charge in [-0.3, -0.25) is 0 Å². The molecule has 0 amide bonds. The smallest absolute Gasteiger partial charge is 0.0558 e. The van der Waals surface area contributed by atoms with Gasteiger partial charge < -0.3 is 0 Å². The van der Waals surface area contributed by atoms with Gasteiger partial charge in [-0.05, 0) is 0 Å². The zero-order valence-corrected chi connectivity index (χ0v) is 7.40. The van der Waals surface area contributed by atoms with Crippen molar-refractivity contribution in [3.8, 4) is 0 Å². The molecule has 0 rings (SSSR count). The molecule has 6 heavy (non-hydrogen) atoms. The van der Waals surface area contributed by atoms with E-state index in [-0.39, 0.29) is 0 Å². The largest absolute Gasteiger partial charge is 0.0937 e. The fraction of sp³-hybridized carbons (Fsp3) is 1.00. The summed E-state index contributed by atoms with van der Waals surface area (Å²) < 4.78 is 1.20. The van der Waals surface area contributed by atoms with E-state index in [4.69, 9.17) is 0 Å². The highest BCUT2D eigenvalue weighted by atomic mass is 127. The van der Waals surface area contributed by atoms with Crippen LogP contribution in [0.25, 0.3) is 0 Å². The summed E-state index contributed by atoms with van der Waals surface area (Å²) in [5.74, 6) is 1.23. The van der Waals surface area contributed by atoms with Gasteiger partial charge in [0.2, 0.25) is 0 Å². The molecule has 0 aromatic rings. The van der Waals surface area contributed by atoms with E-state index in [1.807, 2.05) is 21.6 Å². The Kier molecular flexibility index (Phi) is 7.96. The predicted octanol–water partition coefficient (Wildman–Crippen LogP) is 2.78. The molecule has 3 heteroatoms. The number of alkyl halides is 1. The number of hydrogen-bond acceptors (Lipinski definition) is 2. The van der Waals surface area contributed by atoms with Crippen molar-refractivity contribution < 1.29 is 0 Å². The third-order valence-electron chi connectivity index (χ3n) is 0.246. The Morgan fingerprint density at radius 3 is 2.33 bits per heavy atom. The Balaban J connectivity index is 2.34. The standard InChI is InChI=1S/C3H7IS2/c1-2-5-6-3-4/h2-3H2,1H3. The maximum atomic E-state index is 2.35. The maximum Gasteiger partial charge on any atom is 0.0558 e. The summed E-state index contributed by atoms with van der Waals surface area (Å²) in [6.07, 6.45) is 0. The number of halogens is 1. The lowest BCUT2D eigenvalue weighted by Gasteiger charge is -1.85. The van der Waals surface area contributed by atoms with Gasteiger partial charge in [0.25, 0.3) is 0 Å². The van der Waals surface area contributed by atoms with Gasteiger partial charge in [0.1, 0.15) is 0 Å². The van der Waals surface area contributed by atoms with Crippen LogP contribution in [0.5, 0.6) is 0 Å². The van der Waals surface area contributed by atoms with E-state index in [1.54, 1.807) is 0 Å². The predicted molar refractivity (Wildman–Crippen MR) is 44.6 cm³/mol. The Morgan fingerprint density at radius 2 is 2.17 bits per heavy atom. The molecule has 0 saturated carbocycles. The minimum absolute atomic E-state index is 1.20. The van der Waals surface area contributed by atoms with Gasteiger partial charge in [0, 0.05) is 5.75 Å². The first-order chi connectivity index (χ1) is 2.91. The highest BCUT2D eigenvalue weighted by Gasteiger charge is 1.76. The fourth-order valence-corrected chi connectivity index (χ4v) is 2.65. The van der Waals surface area contributed by atoms with Gasteiger partial charge in [-0.15, -0.1) is 0 Å². The van der Waals surface area contributed by atoms with Crippen molar-refractivity contribution in [2.45, 2.75) is 6.92 Å². The van der Waals surface area contributed by atoms with E-state index >= 15 is 0 Å². The summed E-state index contributed by atoms with van der Waals surface area (Å²) in [6.45, 7) is 2.17. The van der Waals surface area contributed by atoms with Gasteiger partial charge in [-0.25, -0.2) is 0 Å². The van der Waals surface area contributed by atoms with Crippen molar-refractivity contribution in [3.05, 3.63) is 0 Å². The molecule has 0 aliphatic carbocycles. The van der Waals surface area contributed by atoms with Gasteiger partial charge in [0.15, 0.2) is 0 Å². The first-order valence-corrected chi connectivity index (χ1v) is 5.73. The zero-order valence-electron chi connectivity index (χ0n) is 3.61. The summed E-state index contributed by atoms with van der Waals surface area (Å²) >= 11 is 2.35. The second-order valence-electron chi connectivity index (χ2n) is 0.633. The minimum Gasteiger partial charge on any atom is -0.0937 e. The first kappa shape index (κ1) is 7.43. The lowest BCUT2D eigenvalue weighted by molar-refractivity contribution is 1.54. The summed E-state index contributed by atoms with van der Waals surface area (Å²) in [6, 6.07) is 0. The fourth-order valence-electron chi connectivity index (χ4n) is 0.115. The van der Waals surface area contributed by atoms with E-state index < -0.39 is 0 Å². The molecule has 0 aromatic carbocycles. The number of rotatable bonds is 3. The Hall–Kier alpha value is 1.43. The molecule has 38 valence electrons. The molecule has 0 aromatic heterocycles. The quantitative estimate of drug-likeness (QED) is 0.319. The lowest BCUT2D eigenvalue weighted by atomic mass is 11.0. The van der Waals surface area contributed by atoms with Crippen LogP contribution >= 0.6 is 44.2 Å². The molecule has 0 spiro atoms. The second-order valence-corrected chi connectivity index (χ2v) is 5.18. The first-order valence-electron chi connectivity index (χ1n) is 1.72. The van der Waals surface area contributed by atoms with Gasteiger partial charge in [0.05, 0.1) is 3.76 Å². The van der Waals surface area contributed by atoms with Crippen molar-refractivity contribution in [1.82, 2.24) is 0 Å². The molecular formula is C3H7IS2. The van der Waals surface area contributed by atoms with Crippen LogP contribution in [-0.4, -0.2) is 9.51 Å². The van der Waals surface area contributed by atoms with Crippen LogP contribution in [0.2, 0.25) is 0 Å². The average Bonchev–Trinajstić information content (AvgIpc) is 1.61. The van der Waals surface area contributed by atoms with Crippen LogP contribution in [0.4, 0.5) is 0 Å². The van der Waals surface area contributed by atoms with E-state index in [0.29, 0.717) is 0 Å². The molecule has 0 aliphatic rings. The Morgan fingerprint density at radius 1 is 1.50 bits per heavy atom. The second kappa shape index (κ2) is 6.43. The normalized spacial score (nSPS) is 9.00. The van der Waals surface area contributed by atoms with E-state index in [2.05, 4.69) is 29.5 Å². The molecule has 0 fully saturated rings. The minimum atomic E-state index is 1.20. The van der Waals surface area contributed by atoms with Crippen LogP contribution < -0.4 is 0 Å². The van der Waals surface area contributed by atoms with E-state index in [1.165, 1.54) is 9.51 Å². The van der Waals surface area contributed by atoms with Crippen LogP contribution in [0, 0.1) is 0 Å². The van der Waals surface area contributed by atoms with Gasteiger partial charge >= 0.3 is 0 Å². The van der Waals surface area contributed by atoms with Crippen molar-refractivity contribution in [3.63, 3.8) is 0 Å². The summed E-state index contributed by atoms with van der Waals surface area (Å²) in [4.78, 5) is 0. The van der Waals surface area contributed by atoms with Crippen LogP contribution in [0.1, 0.15) is 6.92 Å². The van der Waals surface area contributed by atoms with Crippen LogP contribution in [0.3, 0.4) is 0 Å². The third kappa shape index (κ3) is 5.43. The molecule has 0 atom stereocenters. The molecule has 0 heterocycles. The van der Waals surface area contributed by atoms with Gasteiger partial charge in [-0.2, -0.15) is 0 Å². The third-order valence-corrected chi connectivity index (χ3v) is 4.50. The topological polar surface area (TPSA) is 0 Å². The molecule has 0 bridgehead atoms. The molecule has 0 aliphatic heterocycles. The molecule has 0 N–H and O–H groups in total. The molecular weight excluding hydrogens is 227 g/mol. The van der Waals surface area contributed by atoms with Crippen molar-refractivity contribution in [2.24, 2.45) is 0 Å². The summed E-state index contributed by atoms with van der Waals surface area (Å²) in [5.41, 5.74) is 0. The Labute approximate surface area is 60.4 Å². The monoisotopic (exact) mass is 234 g/mol. The lowest BCUT2D eigenvalue weighted by Crippen LogP contribution is -1.55. The van der Waals surface area contributed by atoms with Gasteiger partial charge in [-0.1, -0.05) is 51.1 Å². The molecule has 0 unspecified atom stereocenters. The van der Waals surface area contributed by atoms with Crippen LogP contribution in [0.15, 0.2) is 0 Å². The average molecular weight is 234 g/mol. The Bertz CT molecular complexity index is 20.8. The zero-order chi connectivity index (χ0) is 4.83. The summed E-state index contributed by atoms with van der Waals surface area (Å²) in [7, 11) is 3.83. The van der Waals surface area contributed by atoms with Crippen molar-refractivity contribution >= 4 is 44.2 Å². The molecule has 0 saturated heterocycles. The molecule has 0 radical (unpaired) electrons. The van der Waals surface area contributed by atoms with E-state index in [0.717, 1.165) is 0 Å². The SMILES string of the molecule is CCSSCI. The van der Waals surface area contributed by atoms with Crippen LogP contribution in [-0.2, 0) is 0 Å². The van der Waals surface area contributed by atoms with Crippen molar-refractivity contribution in [2.75, 3.05) is 9.51 Å². The maximum absolute atomic E-state index is 2.35. The summed E-state index contributed by atoms with van der Waals surface area (Å²) in [5, 5.41) is 0. The molecule has 0 nitrogen and oxygen atoms in total. The highest BCUT2D eigenvalue weighted by Crippen LogP contribution is 2.21. The number of hydrogen-bond donors (Lipinski definition) is 0. The van der Waals surface area contributed by atoms with E-state index in [9.17, 15) is 0 Å². The highest BCUT2D eigenvalue weighted by molar-refractivity contribution is 14.1. The van der Waals surface area contributed by atoms with Crippen molar-refractivity contribution in [1.29, 1.82) is 0 Å².